The number of amidine groups is 1. The lowest BCUT2D eigenvalue weighted by Gasteiger charge is -2.16. The van der Waals surface area contributed by atoms with Gasteiger partial charge in [-0.2, -0.15) is 0 Å². The van der Waals surface area contributed by atoms with Crippen LogP contribution in [0, 0.1) is 11.6 Å². The molecule has 2 aromatic carbocycles. The van der Waals surface area contributed by atoms with E-state index in [9.17, 15) is 18.4 Å². The van der Waals surface area contributed by atoms with Crippen LogP contribution >= 0.6 is 11.8 Å². The minimum absolute atomic E-state index is 0.143. The molecule has 2 heterocycles. The maximum absolute atomic E-state index is 13.8. The maximum Gasteiger partial charge on any atom is 0.243 e. The second-order valence-corrected chi connectivity index (χ2v) is 8.13. The van der Waals surface area contributed by atoms with Gasteiger partial charge in [-0.15, -0.1) is 0 Å². The third-order valence-corrected chi connectivity index (χ3v) is 5.80. The number of nitrogens with one attached hydrogen (secondary N) is 1. The third-order valence-electron chi connectivity index (χ3n) is 4.62. The number of anilines is 1. The number of para-hydroxylation sites is 1. The predicted octanol–water partition coefficient (Wildman–Crippen LogP) is 4.52. The molecule has 1 N–H and O–H groups in total. The molecule has 6 nitrogen and oxygen atoms in total. The molecule has 1 saturated heterocycles. The van der Waals surface area contributed by atoms with Crippen LogP contribution < -0.4 is 5.32 Å². The number of nitrogens with zero attached hydrogens (tertiary/aromatic N) is 3. The smallest absolute Gasteiger partial charge is 0.243 e. The second-order valence-electron chi connectivity index (χ2n) is 6.96. The Morgan fingerprint density at radius 1 is 1.09 bits per heavy atom. The quantitative estimate of drug-likeness (QED) is 0.597. The minimum Gasteiger partial charge on any atom is -0.324 e. The number of benzene rings is 2. The molecule has 1 aromatic heterocycles. The minimum atomic E-state index is -0.883. The van der Waals surface area contributed by atoms with E-state index in [1.165, 1.54) is 16.7 Å². The number of rotatable bonds is 6. The van der Waals surface area contributed by atoms with Crippen molar-refractivity contribution in [1.29, 1.82) is 0 Å². The summed E-state index contributed by atoms with van der Waals surface area (Å²) in [5.41, 5.74) is 1.21. The van der Waals surface area contributed by atoms with E-state index in [-0.39, 0.29) is 24.6 Å². The summed E-state index contributed by atoms with van der Waals surface area (Å²) in [5.74, 6) is -2.47. The van der Waals surface area contributed by atoms with E-state index in [1.807, 2.05) is 36.4 Å². The molecule has 1 atom stereocenters. The largest absolute Gasteiger partial charge is 0.324 e. The predicted molar refractivity (Wildman–Crippen MR) is 119 cm³/mol. The van der Waals surface area contributed by atoms with Crippen molar-refractivity contribution >= 4 is 40.1 Å². The van der Waals surface area contributed by atoms with Gasteiger partial charge in [0.1, 0.15) is 16.9 Å². The van der Waals surface area contributed by atoms with Gasteiger partial charge in [-0.3, -0.25) is 19.5 Å². The first-order valence-corrected chi connectivity index (χ1v) is 10.6. The molecule has 3 aromatic rings. The van der Waals surface area contributed by atoms with Crippen LogP contribution in [-0.4, -0.2) is 32.1 Å². The van der Waals surface area contributed by atoms with Crippen LogP contribution in [0.3, 0.4) is 0 Å². The molecule has 0 bridgehead atoms. The number of carbonyl (C=O) groups is 2. The van der Waals surface area contributed by atoms with E-state index in [1.54, 1.807) is 18.3 Å². The summed E-state index contributed by atoms with van der Waals surface area (Å²) in [4.78, 5) is 35.9. The molecule has 2 amide bonds. The summed E-state index contributed by atoms with van der Waals surface area (Å²) >= 11 is 1.17. The highest BCUT2D eigenvalue weighted by Crippen LogP contribution is 2.33. The van der Waals surface area contributed by atoms with Crippen molar-refractivity contribution in [3.8, 4) is 0 Å². The summed E-state index contributed by atoms with van der Waals surface area (Å²) in [6, 6.07) is 17.5. The summed E-state index contributed by atoms with van der Waals surface area (Å²) in [6.07, 6.45) is 1.45. The van der Waals surface area contributed by atoms with E-state index in [0.29, 0.717) is 22.6 Å². The van der Waals surface area contributed by atoms with Gasteiger partial charge in [-0.05, 0) is 36.4 Å². The van der Waals surface area contributed by atoms with Gasteiger partial charge < -0.3 is 5.32 Å². The van der Waals surface area contributed by atoms with Crippen molar-refractivity contribution in [2.75, 3.05) is 5.32 Å². The Hall–Kier alpha value is -3.59. The Bertz CT molecular complexity index is 1160. The summed E-state index contributed by atoms with van der Waals surface area (Å²) < 4.78 is 26.9. The highest BCUT2D eigenvalue weighted by molar-refractivity contribution is 8.15. The lowest BCUT2D eigenvalue weighted by atomic mass is 10.2. The van der Waals surface area contributed by atoms with Gasteiger partial charge in [0.2, 0.25) is 11.8 Å². The van der Waals surface area contributed by atoms with Crippen LogP contribution in [0.5, 0.6) is 0 Å². The van der Waals surface area contributed by atoms with E-state index in [2.05, 4.69) is 15.3 Å². The number of hydrogen-bond donors (Lipinski definition) is 1. The molecule has 1 aliphatic heterocycles. The number of halogens is 2. The molecule has 32 heavy (non-hydrogen) atoms. The average molecular weight is 452 g/mol. The first-order valence-electron chi connectivity index (χ1n) is 9.76. The fourth-order valence-electron chi connectivity index (χ4n) is 3.10. The van der Waals surface area contributed by atoms with Gasteiger partial charge in [0.15, 0.2) is 5.17 Å². The van der Waals surface area contributed by atoms with Gasteiger partial charge in [0.25, 0.3) is 0 Å². The van der Waals surface area contributed by atoms with Crippen molar-refractivity contribution in [1.82, 2.24) is 9.88 Å². The standard InChI is InChI=1S/C23H18F2N4O2S/c24-15-9-10-19(18(25)12-15)28-21(30)13-20-22(31)29(14-17-8-4-5-11-26-17)23(32-20)27-16-6-2-1-3-7-16/h1-12,20H,13-14H2,(H,28,30). The lowest BCUT2D eigenvalue weighted by molar-refractivity contribution is -0.128. The molecule has 9 heteroatoms. The first kappa shape index (κ1) is 21.6. The van der Waals surface area contributed by atoms with Gasteiger partial charge in [-0.25, -0.2) is 13.8 Å². The molecular weight excluding hydrogens is 434 g/mol. The summed E-state index contributed by atoms with van der Waals surface area (Å²) in [7, 11) is 0. The molecule has 0 saturated carbocycles. The van der Waals surface area contributed by atoms with E-state index < -0.39 is 22.8 Å². The molecular formula is C23H18F2N4O2S. The fraction of sp³-hybridized carbons (Fsp3) is 0.130. The number of aromatic nitrogens is 1. The molecule has 0 spiro atoms. The zero-order valence-corrected chi connectivity index (χ0v) is 17.6. The molecule has 1 aliphatic rings. The zero-order valence-electron chi connectivity index (χ0n) is 16.7. The van der Waals surface area contributed by atoms with Gasteiger partial charge in [0, 0.05) is 18.7 Å². The molecule has 0 radical (unpaired) electrons. The van der Waals surface area contributed by atoms with Crippen molar-refractivity contribution in [2.45, 2.75) is 18.2 Å². The molecule has 4 rings (SSSR count). The Balaban J connectivity index is 1.53. The van der Waals surface area contributed by atoms with Crippen molar-refractivity contribution in [3.63, 3.8) is 0 Å². The van der Waals surface area contributed by atoms with Crippen LogP contribution in [-0.2, 0) is 16.1 Å². The van der Waals surface area contributed by atoms with Crippen molar-refractivity contribution in [3.05, 3.63) is 90.3 Å². The normalized spacial score (nSPS) is 17.1. The van der Waals surface area contributed by atoms with Crippen LogP contribution in [0.25, 0.3) is 0 Å². The van der Waals surface area contributed by atoms with E-state index >= 15 is 0 Å². The number of aliphatic imine (C=N–C) groups is 1. The third kappa shape index (κ3) is 5.17. The van der Waals surface area contributed by atoms with Crippen LogP contribution in [0.15, 0.2) is 77.9 Å². The van der Waals surface area contributed by atoms with E-state index in [4.69, 9.17) is 0 Å². The topological polar surface area (TPSA) is 74.7 Å². The van der Waals surface area contributed by atoms with Crippen LogP contribution in [0.4, 0.5) is 20.2 Å². The number of pyridine rings is 1. The van der Waals surface area contributed by atoms with E-state index in [0.717, 1.165) is 12.1 Å². The maximum atomic E-state index is 13.8. The van der Waals surface area contributed by atoms with Gasteiger partial charge in [0.05, 0.1) is 23.6 Å². The molecule has 1 fully saturated rings. The number of thioether (sulfide) groups is 1. The Kier molecular flexibility index (Phi) is 6.55. The number of hydrogen-bond acceptors (Lipinski definition) is 5. The second kappa shape index (κ2) is 9.69. The zero-order chi connectivity index (χ0) is 22.5. The highest BCUT2D eigenvalue weighted by atomic mass is 32.2. The van der Waals surface area contributed by atoms with Gasteiger partial charge in [-0.1, -0.05) is 36.0 Å². The van der Waals surface area contributed by atoms with Crippen molar-refractivity contribution in [2.24, 2.45) is 4.99 Å². The Morgan fingerprint density at radius 2 is 1.88 bits per heavy atom. The summed E-state index contributed by atoms with van der Waals surface area (Å²) in [5, 5.41) is 2.12. The summed E-state index contributed by atoms with van der Waals surface area (Å²) in [6.45, 7) is 0.211. The van der Waals surface area contributed by atoms with Gasteiger partial charge >= 0.3 is 0 Å². The van der Waals surface area contributed by atoms with Crippen LogP contribution in [0.1, 0.15) is 12.1 Å². The lowest BCUT2D eigenvalue weighted by Crippen LogP contribution is -2.33. The Labute approximate surface area is 187 Å². The first-order chi connectivity index (χ1) is 15.5. The monoisotopic (exact) mass is 452 g/mol. The number of amides is 2. The Morgan fingerprint density at radius 3 is 2.59 bits per heavy atom. The molecule has 0 aliphatic carbocycles. The number of carbonyl (C=O) groups excluding carboxylic acids is 2. The molecule has 1 unspecified atom stereocenters. The average Bonchev–Trinajstić information content (AvgIpc) is 3.06. The highest BCUT2D eigenvalue weighted by Gasteiger charge is 2.39. The van der Waals surface area contributed by atoms with Crippen molar-refractivity contribution < 1.29 is 18.4 Å². The van der Waals surface area contributed by atoms with Crippen LogP contribution in [0.2, 0.25) is 0 Å². The fourth-order valence-corrected chi connectivity index (χ4v) is 4.25. The molecule has 162 valence electrons. The SMILES string of the molecule is O=C(CC1SC(=Nc2ccccc2)N(Cc2ccccn2)C1=O)Nc1ccc(F)cc1F.